The lowest BCUT2D eigenvalue weighted by Crippen LogP contribution is -2.46. The molecule has 2 aromatic carbocycles. The van der Waals surface area contributed by atoms with E-state index in [4.69, 9.17) is 0 Å². The molecule has 1 aliphatic carbocycles. The van der Waals surface area contributed by atoms with Gasteiger partial charge in [-0.1, -0.05) is 61.4 Å². The zero-order chi connectivity index (χ0) is 18.1. The summed E-state index contributed by atoms with van der Waals surface area (Å²) in [6.45, 7) is 0.429. The number of aliphatic hydroxyl groups excluding tert-OH is 1. The highest BCUT2D eigenvalue weighted by Gasteiger charge is 2.54. The summed E-state index contributed by atoms with van der Waals surface area (Å²) in [6, 6.07) is 17.6. The number of hydrogen-bond acceptors (Lipinski definition) is 3. The standard InChI is InChI=1S/C22H26N2O2.ClH/c1-23-15-19(25)20(16-9-3-2-4-10-16)24-18-12-6-5-11-17(18)22(21(24)26)13-7-8-14-22;/h2-6,9-12,19-20,23,25H,7-8,13-15H2,1H3;1H/t19-,20+;/m1./s1. The second-order valence-corrected chi connectivity index (χ2v) is 7.46. The Morgan fingerprint density at radius 3 is 2.37 bits per heavy atom. The van der Waals surface area contributed by atoms with Crippen LogP contribution in [0.25, 0.3) is 0 Å². The van der Waals surface area contributed by atoms with E-state index in [-0.39, 0.29) is 18.3 Å². The third kappa shape index (κ3) is 3.16. The highest BCUT2D eigenvalue weighted by Crippen LogP contribution is 2.53. The van der Waals surface area contributed by atoms with E-state index in [1.807, 2.05) is 60.5 Å². The van der Waals surface area contributed by atoms with Crippen LogP contribution >= 0.6 is 12.4 Å². The zero-order valence-corrected chi connectivity index (χ0v) is 16.4. The van der Waals surface area contributed by atoms with Crippen molar-refractivity contribution >= 4 is 24.0 Å². The predicted molar refractivity (Wildman–Crippen MR) is 110 cm³/mol. The molecule has 4 nitrogen and oxygen atoms in total. The summed E-state index contributed by atoms with van der Waals surface area (Å²) in [4.78, 5) is 15.6. The summed E-state index contributed by atoms with van der Waals surface area (Å²) in [5.41, 5.74) is 2.67. The summed E-state index contributed by atoms with van der Waals surface area (Å²) in [5, 5.41) is 14.0. The maximum absolute atomic E-state index is 13.7. The predicted octanol–water partition coefficient (Wildman–Crippen LogP) is 3.59. The van der Waals surface area contributed by atoms with Crippen LogP contribution in [0.4, 0.5) is 5.69 Å². The fourth-order valence-corrected chi connectivity index (χ4v) is 4.80. The normalized spacial score (nSPS) is 19.6. The summed E-state index contributed by atoms with van der Waals surface area (Å²) >= 11 is 0. The molecule has 0 aromatic heterocycles. The van der Waals surface area contributed by atoms with Crippen molar-refractivity contribution in [1.29, 1.82) is 0 Å². The molecule has 0 unspecified atom stereocenters. The van der Waals surface area contributed by atoms with Crippen LogP contribution in [0, 0.1) is 0 Å². The van der Waals surface area contributed by atoms with E-state index >= 15 is 0 Å². The van der Waals surface area contributed by atoms with Crippen LogP contribution in [0.15, 0.2) is 54.6 Å². The molecule has 2 atom stereocenters. The molecule has 5 heteroatoms. The number of nitrogens with one attached hydrogen (secondary N) is 1. The van der Waals surface area contributed by atoms with Crippen LogP contribution in [0.5, 0.6) is 0 Å². The fraction of sp³-hybridized carbons (Fsp3) is 0.409. The summed E-state index contributed by atoms with van der Waals surface area (Å²) in [5.74, 6) is 0.153. The Bertz CT molecular complexity index is 790. The number of anilines is 1. The number of aliphatic hydroxyl groups is 1. The van der Waals surface area contributed by atoms with E-state index < -0.39 is 17.6 Å². The minimum Gasteiger partial charge on any atom is -0.389 e. The third-order valence-electron chi connectivity index (χ3n) is 5.96. The maximum Gasteiger partial charge on any atom is 0.238 e. The Balaban J connectivity index is 0.00000210. The van der Waals surface area contributed by atoms with E-state index in [9.17, 15) is 9.90 Å². The molecule has 0 bridgehead atoms. The number of rotatable bonds is 5. The number of fused-ring (bicyclic) bond motifs is 2. The van der Waals surface area contributed by atoms with Gasteiger partial charge in [0.05, 0.1) is 17.6 Å². The van der Waals surface area contributed by atoms with Crippen molar-refractivity contribution in [2.24, 2.45) is 0 Å². The molecule has 1 heterocycles. The summed E-state index contributed by atoms with van der Waals surface area (Å²) < 4.78 is 0. The highest BCUT2D eigenvalue weighted by atomic mass is 35.5. The molecular formula is C22H27ClN2O2. The molecule has 2 aliphatic rings. The number of nitrogens with zero attached hydrogens (tertiary/aromatic N) is 1. The van der Waals surface area contributed by atoms with Crippen LogP contribution in [0.2, 0.25) is 0 Å². The van der Waals surface area contributed by atoms with E-state index in [0.29, 0.717) is 6.54 Å². The number of carbonyl (C=O) groups is 1. The van der Waals surface area contributed by atoms with Crippen LogP contribution < -0.4 is 10.2 Å². The van der Waals surface area contributed by atoms with Crippen LogP contribution in [-0.2, 0) is 10.2 Å². The first-order valence-corrected chi connectivity index (χ1v) is 9.50. The van der Waals surface area contributed by atoms with Gasteiger partial charge in [0.15, 0.2) is 0 Å². The molecule has 1 spiro atoms. The topological polar surface area (TPSA) is 52.6 Å². The van der Waals surface area contributed by atoms with Gasteiger partial charge in [0.1, 0.15) is 0 Å². The number of amides is 1. The minimum absolute atomic E-state index is 0. The first-order chi connectivity index (χ1) is 12.7. The lowest BCUT2D eigenvalue weighted by Gasteiger charge is -2.34. The van der Waals surface area contributed by atoms with Gasteiger partial charge in [0, 0.05) is 12.2 Å². The SMILES string of the molecule is CNC[C@@H](O)[C@H](c1ccccc1)N1C(=O)C2(CCCC2)c2ccccc21.Cl. The molecule has 1 amide bonds. The zero-order valence-electron chi connectivity index (χ0n) is 15.6. The number of carbonyl (C=O) groups excluding carboxylic acids is 1. The van der Waals surface area contributed by atoms with Gasteiger partial charge in [-0.3, -0.25) is 4.79 Å². The van der Waals surface area contributed by atoms with Gasteiger partial charge in [-0.15, -0.1) is 12.4 Å². The molecule has 2 aromatic rings. The van der Waals surface area contributed by atoms with Crippen LogP contribution in [0.1, 0.15) is 42.9 Å². The highest BCUT2D eigenvalue weighted by molar-refractivity contribution is 6.09. The van der Waals surface area contributed by atoms with Crippen molar-refractivity contribution in [3.8, 4) is 0 Å². The Hall–Kier alpha value is -1.88. The van der Waals surface area contributed by atoms with Crippen molar-refractivity contribution in [2.75, 3.05) is 18.5 Å². The second-order valence-electron chi connectivity index (χ2n) is 7.46. The monoisotopic (exact) mass is 386 g/mol. The number of likely N-dealkylation sites (N-methyl/N-ethyl adjacent to an activating group) is 1. The van der Waals surface area contributed by atoms with Crippen molar-refractivity contribution in [1.82, 2.24) is 5.32 Å². The molecule has 27 heavy (non-hydrogen) atoms. The lowest BCUT2D eigenvalue weighted by atomic mass is 9.80. The average molecular weight is 387 g/mol. The number of benzene rings is 2. The number of hydrogen-bond donors (Lipinski definition) is 2. The number of halogens is 1. The molecule has 1 saturated carbocycles. The maximum atomic E-state index is 13.7. The Labute approximate surface area is 167 Å². The van der Waals surface area contributed by atoms with Gasteiger partial charge < -0.3 is 15.3 Å². The Morgan fingerprint density at radius 2 is 1.70 bits per heavy atom. The van der Waals surface area contributed by atoms with E-state index in [2.05, 4.69) is 11.4 Å². The van der Waals surface area contributed by atoms with Gasteiger partial charge >= 0.3 is 0 Å². The van der Waals surface area contributed by atoms with Crippen LogP contribution in [0.3, 0.4) is 0 Å². The van der Waals surface area contributed by atoms with Crippen molar-refractivity contribution in [2.45, 2.75) is 43.2 Å². The third-order valence-corrected chi connectivity index (χ3v) is 5.96. The summed E-state index contributed by atoms with van der Waals surface area (Å²) in [7, 11) is 1.82. The largest absolute Gasteiger partial charge is 0.389 e. The first-order valence-electron chi connectivity index (χ1n) is 9.50. The van der Waals surface area contributed by atoms with Gasteiger partial charge in [-0.25, -0.2) is 0 Å². The van der Waals surface area contributed by atoms with Crippen molar-refractivity contribution in [3.63, 3.8) is 0 Å². The quantitative estimate of drug-likeness (QED) is 0.825. The van der Waals surface area contributed by atoms with E-state index in [1.165, 1.54) is 0 Å². The van der Waals surface area contributed by atoms with E-state index in [1.54, 1.807) is 0 Å². The van der Waals surface area contributed by atoms with Gasteiger partial charge in [0.2, 0.25) is 5.91 Å². The fourth-order valence-electron chi connectivity index (χ4n) is 4.80. The van der Waals surface area contributed by atoms with Crippen molar-refractivity contribution < 1.29 is 9.90 Å². The van der Waals surface area contributed by atoms with Crippen molar-refractivity contribution in [3.05, 3.63) is 65.7 Å². The summed E-state index contributed by atoms with van der Waals surface area (Å²) in [6.07, 6.45) is 3.30. The molecular weight excluding hydrogens is 360 g/mol. The Kier molecular flexibility index (Phi) is 5.89. The molecule has 1 fully saturated rings. The molecule has 2 N–H and O–H groups in total. The van der Waals surface area contributed by atoms with Gasteiger partial charge in [-0.05, 0) is 37.1 Å². The molecule has 144 valence electrons. The van der Waals surface area contributed by atoms with E-state index in [0.717, 1.165) is 42.5 Å². The minimum atomic E-state index is -0.684. The van der Waals surface area contributed by atoms with Gasteiger partial charge in [0.25, 0.3) is 0 Å². The van der Waals surface area contributed by atoms with Gasteiger partial charge in [-0.2, -0.15) is 0 Å². The molecule has 0 saturated heterocycles. The number of para-hydroxylation sites is 1. The lowest BCUT2D eigenvalue weighted by molar-refractivity contribution is -0.124. The second kappa shape index (κ2) is 8.01. The molecule has 0 radical (unpaired) electrons. The first kappa shape index (κ1) is 19.9. The smallest absolute Gasteiger partial charge is 0.238 e. The molecule has 4 rings (SSSR count). The Morgan fingerprint density at radius 1 is 1.07 bits per heavy atom. The van der Waals surface area contributed by atoms with Crippen LogP contribution in [-0.4, -0.2) is 30.7 Å². The average Bonchev–Trinajstić information content (AvgIpc) is 3.25. The molecule has 1 aliphatic heterocycles.